The molecule has 1 N–H and O–H groups in total. The number of nitrogens with zero attached hydrogens (tertiary/aromatic N) is 1. The van der Waals surface area contributed by atoms with Crippen LogP contribution in [0, 0.1) is 27.6 Å². The second-order valence-corrected chi connectivity index (χ2v) is 6.86. The minimum absolute atomic E-state index is 0.0169. The molecule has 0 radical (unpaired) electrons. The maximum absolute atomic E-state index is 12.0. The van der Waals surface area contributed by atoms with Gasteiger partial charge in [-0.1, -0.05) is 34.6 Å². The molecule has 1 rings (SSSR count). The molecule has 1 saturated carbocycles. The van der Waals surface area contributed by atoms with Crippen LogP contribution in [0.1, 0.15) is 53.9 Å². The summed E-state index contributed by atoms with van der Waals surface area (Å²) < 4.78 is 0. The number of amides is 1. The summed E-state index contributed by atoms with van der Waals surface area (Å²) in [4.78, 5) is 12.0. The minimum Gasteiger partial charge on any atom is -0.354 e. The van der Waals surface area contributed by atoms with Gasteiger partial charge in [0.15, 0.2) is 0 Å². The van der Waals surface area contributed by atoms with Crippen molar-refractivity contribution in [1.82, 2.24) is 5.32 Å². The third-order valence-electron chi connectivity index (χ3n) is 4.58. The molecule has 0 atom stereocenters. The molecular weight excluding hydrogens is 212 g/mol. The predicted molar refractivity (Wildman–Crippen MR) is 68.1 cm³/mol. The Kier molecular flexibility index (Phi) is 3.57. The van der Waals surface area contributed by atoms with E-state index in [1.54, 1.807) is 0 Å². The Hall–Kier alpha value is -1.04. The zero-order chi connectivity index (χ0) is 13.3. The van der Waals surface area contributed by atoms with Crippen LogP contribution in [0.25, 0.3) is 0 Å². The fourth-order valence-corrected chi connectivity index (χ4v) is 1.66. The van der Waals surface area contributed by atoms with Gasteiger partial charge >= 0.3 is 0 Å². The fraction of sp³-hybridized carbons (Fsp3) is 0.857. The van der Waals surface area contributed by atoms with E-state index in [0.717, 1.165) is 6.42 Å². The highest BCUT2D eigenvalue weighted by atomic mass is 16.2. The van der Waals surface area contributed by atoms with Crippen LogP contribution in [0.5, 0.6) is 0 Å². The van der Waals surface area contributed by atoms with Gasteiger partial charge in [-0.3, -0.25) is 4.79 Å². The predicted octanol–water partition coefficient (Wildman–Crippen LogP) is 2.87. The van der Waals surface area contributed by atoms with Gasteiger partial charge in [0.25, 0.3) is 0 Å². The second kappa shape index (κ2) is 4.33. The first kappa shape index (κ1) is 14.0. The van der Waals surface area contributed by atoms with Crippen LogP contribution in [0.2, 0.25) is 0 Å². The van der Waals surface area contributed by atoms with Crippen molar-refractivity contribution in [3.05, 3.63) is 0 Å². The molecule has 0 spiro atoms. The molecular formula is C14H24N2O. The zero-order valence-electron chi connectivity index (χ0n) is 11.7. The van der Waals surface area contributed by atoms with Crippen LogP contribution in [-0.4, -0.2) is 12.5 Å². The second-order valence-electron chi connectivity index (χ2n) is 6.86. The number of rotatable bonds is 3. The van der Waals surface area contributed by atoms with Gasteiger partial charge in [-0.05, 0) is 30.1 Å². The summed E-state index contributed by atoms with van der Waals surface area (Å²) in [6, 6.07) is 2.18. The van der Waals surface area contributed by atoms with E-state index in [1.165, 1.54) is 0 Å². The van der Waals surface area contributed by atoms with Gasteiger partial charge in [-0.2, -0.15) is 5.26 Å². The Morgan fingerprint density at radius 3 is 2.12 bits per heavy atom. The normalized spacial score (nSPS) is 19.1. The van der Waals surface area contributed by atoms with E-state index in [1.807, 2.05) is 0 Å². The third kappa shape index (κ3) is 2.62. The molecule has 1 fully saturated rings. The van der Waals surface area contributed by atoms with E-state index in [4.69, 9.17) is 5.26 Å². The van der Waals surface area contributed by atoms with E-state index in [-0.39, 0.29) is 16.7 Å². The van der Waals surface area contributed by atoms with Gasteiger partial charge < -0.3 is 5.32 Å². The highest BCUT2D eigenvalue weighted by Gasteiger charge is 2.45. The Morgan fingerprint density at radius 2 is 1.82 bits per heavy atom. The van der Waals surface area contributed by atoms with E-state index < -0.39 is 5.41 Å². The number of carbonyl (C=O) groups excluding carboxylic acids is 1. The van der Waals surface area contributed by atoms with Crippen molar-refractivity contribution in [3.63, 3.8) is 0 Å². The van der Waals surface area contributed by atoms with Crippen LogP contribution >= 0.6 is 0 Å². The van der Waals surface area contributed by atoms with Crippen molar-refractivity contribution in [2.24, 2.45) is 16.2 Å². The number of nitrogens with one attached hydrogen (secondary N) is 1. The lowest BCUT2D eigenvalue weighted by Crippen LogP contribution is -2.49. The van der Waals surface area contributed by atoms with Gasteiger partial charge in [0.1, 0.15) is 5.41 Å². The standard InChI is InChI=1S/C14H24N2O/c1-12(2,3)13(4,5)10-16-11(17)14(9-15)7-6-8-14/h6-8,10H2,1-5H3,(H,16,17). The molecule has 0 aromatic heterocycles. The Balaban J connectivity index is 2.58. The molecule has 0 aromatic carbocycles. The molecule has 0 aromatic rings. The summed E-state index contributed by atoms with van der Waals surface area (Å²) in [6.45, 7) is 11.4. The van der Waals surface area contributed by atoms with E-state index in [2.05, 4.69) is 46.0 Å². The topological polar surface area (TPSA) is 52.9 Å². The molecule has 0 saturated heterocycles. The lowest BCUT2D eigenvalue weighted by molar-refractivity contribution is -0.132. The lowest BCUT2D eigenvalue weighted by Gasteiger charge is -2.40. The SMILES string of the molecule is CC(C)(C)C(C)(C)CNC(=O)C1(C#N)CCC1. The summed E-state index contributed by atoms with van der Waals surface area (Å²) in [5.74, 6) is -0.0800. The molecule has 1 aliphatic rings. The average Bonchev–Trinajstić information content (AvgIpc) is 2.12. The Morgan fingerprint density at radius 1 is 1.29 bits per heavy atom. The fourth-order valence-electron chi connectivity index (χ4n) is 1.66. The minimum atomic E-state index is -0.728. The zero-order valence-corrected chi connectivity index (χ0v) is 11.7. The number of carbonyl (C=O) groups is 1. The molecule has 0 unspecified atom stereocenters. The Bertz CT molecular complexity index is 340. The van der Waals surface area contributed by atoms with Crippen LogP contribution in [0.4, 0.5) is 0 Å². The summed E-state index contributed by atoms with van der Waals surface area (Å²) in [7, 11) is 0. The highest BCUT2D eigenvalue weighted by Crippen LogP contribution is 2.41. The largest absolute Gasteiger partial charge is 0.354 e. The van der Waals surface area contributed by atoms with Crippen molar-refractivity contribution in [2.75, 3.05) is 6.54 Å². The molecule has 0 aliphatic heterocycles. The molecule has 0 heterocycles. The molecule has 0 bridgehead atoms. The summed E-state index contributed by atoms with van der Waals surface area (Å²) in [5, 5.41) is 12.0. The van der Waals surface area contributed by atoms with Gasteiger partial charge in [0, 0.05) is 6.54 Å². The van der Waals surface area contributed by atoms with Gasteiger partial charge in [-0.15, -0.1) is 0 Å². The van der Waals surface area contributed by atoms with Crippen LogP contribution in [-0.2, 0) is 4.79 Å². The van der Waals surface area contributed by atoms with Crippen LogP contribution in [0.15, 0.2) is 0 Å². The molecule has 1 aliphatic carbocycles. The van der Waals surface area contributed by atoms with E-state index in [9.17, 15) is 4.79 Å². The van der Waals surface area contributed by atoms with Gasteiger partial charge in [-0.25, -0.2) is 0 Å². The van der Waals surface area contributed by atoms with Crippen molar-refractivity contribution in [2.45, 2.75) is 53.9 Å². The van der Waals surface area contributed by atoms with E-state index >= 15 is 0 Å². The van der Waals surface area contributed by atoms with Crippen molar-refractivity contribution >= 4 is 5.91 Å². The smallest absolute Gasteiger partial charge is 0.240 e. The van der Waals surface area contributed by atoms with E-state index in [0.29, 0.717) is 19.4 Å². The van der Waals surface area contributed by atoms with Crippen LogP contribution < -0.4 is 5.32 Å². The van der Waals surface area contributed by atoms with Crippen molar-refractivity contribution < 1.29 is 4.79 Å². The van der Waals surface area contributed by atoms with Crippen LogP contribution in [0.3, 0.4) is 0 Å². The number of hydrogen-bond acceptors (Lipinski definition) is 2. The maximum Gasteiger partial charge on any atom is 0.240 e. The van der Waals surface area contributed by atoms with Crippen molar-refractivity contribution in [3.8, 4) is 6.07 Å². The monoisotopic (exact) mass is 236 g/mol. The summed E-state index contributed by atoms with van der Waals surface area (Å²) in [6.07, 6.45) is 2.42. The summed E-state index contributed by atoms with van der Waals surface area (Å²) >= 11 is 0. The average molecular weight is 236 g/mol. The molecule has 17 heavy (non-hydrogen) atoms. The quantitative estimate of drug-likeness (QED) is 0.819. The lowest BCUT2D eigenvalue weighted by atomic mass is 9.67. The maximum atomic E-state index is 12.0. The molecule has 96 valence electrons. The number of hydrogen-bond donors (Lipinski definition) is 1. The van der Waals surface area contributed by atoms with Gasteiger partial charge in [0.05, 0.1) is 6.07 Å². The number of nitriles is 1. The Labute approximate surface area is 105 Å². The molecule has 3 nitrogen and oxygen atoms in total. The first-order valence-electron chi connectivity index (χ1n) is 6.34. The van der Waals surface area contributed by atoms with Crippen molar-refractivity contribution in [1.29, 1.82) is 5.26 Å². The van der Waals surface area contributed by atoms with Gasteiger partial charge in [0.2, 0.25) is 5.91 Å². The first-order valence-corrected chi connectivity index (χ1v) is 6.34. The molecule has 3 heteroatoms. The third-order valence-corrected chi connectivity index (χ3v) is 4.58. The molecule has 1 amide bonds. The highest BCUT2D eigenvalue weighted by molar-refractivity contribution is 5.86. The first-order chi connectivity index (χ1) is 7.65. The summed E-state index contributed by atoms with van der Waals surface area (Å²) in [5.41, 5.74) is -0.587.